The molecular weight excluding hydrogens is 586 g/mol. The first kappa shape index (κ1) is 25.2. The molecule has 0 atom stereocenters. The van der Waals surface area contributed by atoms with E-state index in [0.29, 0.717) is 11.5 Å². The van der Waals surface area contributed by atoms with E-state index in [9.17, 15) is 9.18 Å². The molecule has 4 aromatic rings. The third-order valence-electron chi connectivity index (χ3n) is 4.35. The molecule has 0 aliphatic carbocycles. The van der Waals surface area contributed by atoms with E-state index in [-0.39, 0.29) is 37.5 Å². The Kier molecular flexibility index (Phi) is 8.64. The van der Waals surface area contributed by atoms with Crippen molar-refractivity contribution in [1.29, 1.82) is 0 Å². The normalized spacial score (nSPS) is 10.8. The molecule has 0 amide bonds. The summed E-state index contributed by atoms with van der Waals surface area (Å²) in [4.78, 5) is 14.6. The van der Waals surface area contributed by atoms with E-state index >= 15 is 0 Å². The fraction of sp³-hybridized carbons (Fsp3) is 0.154. The number of halogens is 1. The van der Waals surface area contributed by atoms with Gasteiger partial charge in [-0.1, -0.05) is 26.0 Å². The van der Waals surface area contributed by atoms with Gasteiger partial charge in [-0.05, 0) is 49.9 Å². The van der Waals surface area contributed by atoms with Gasteiger partial charge in [0.2, 0.25) is 5.71 Å². The Bertz CT molecular complexity index is 1240. The molecule has 1 N–H and O–H groups in total. The van der Waals surface area contributed by atoms with Gasteiger partial charge in [-0.15, -0.1) is 34.9 Å². The van der Waals surface area contributed by atoms with Gasteiger partial charge in [-0.3, -0.25) is 9.78 Å². The van der Waals surface area contributed by atoms with Crippen LogP contribution in [0.3, 0.4) is 0 Å². The molecule has 6 heteroatoms. The molecule has 0 saturated carbocycles. The third-order valence-corrected chi connectivity index (χ3v) is 4.35. The molecular formula is C26H23FIrNO3-. The topological polar surface area (TPSA) is 63.3 Å². The number of aryl methyl sites for hydroxylation is 2. The summed E-state index contributed by atoms with van der Waals surface area (Å²) in [5.41, 5.74) is 5.43. The van der Waals surface area contributed by atoms with Crippen molar-refractivity contribution in [1.82, 2.24) is 4.98 Å². The Morgan fingerprint density at radius 3 is 2.31 bits per heavy atom. The van der Waals surface area contributed by atoms with Crippen LogP contribution >= 0.6 is 0 Å². The van der Waals surface area contributed by atoms with Crippen LogP contribution in [0.15, 0.2) is 70.8 Å². The van der Waals surface area contributed by atoms with Crippen molar-refractivity contribution in [2.75, 3.05) is 0 Å². The zero-order valence-corrected chi connectivity index (χ0v) is 20.6. The molecule has 4 rings (SSSR count). The largest absolute Gasteiger partial charge is 0.512 e. The molecule has 2 heterocycles. The number of carbonyl (C=O) groups is 1. The van der Waals surface area contributed by atoms with Gasteiger partial charge in [0.05, 0.1) is 5.76 Å². The summed E-state index contributed by atoms with van der Waals surface area (Å²) in [5, 5.41) is 9.28. The number of aromatic nitrogens is 1. The standard InChI is InChI=1S/C21H15FNO.C5H8O2.Ir/c1-13-9-14(2)11-17(10-13)19-8-5-16-12-20(24-21(16)23-19)15-3-6-18(22)7-4-15;1-4(6)3-5(2)7;/h3-10,12H,1-2H3;3,6H,1-2H3;/q-1;;/b;4-3-;. The van der Waals surface area contributed by atoms with Gasteiger partial charge in [-0.2, -0.15) is 0 Å². The number of hydrogen-bond acceptors (Lipinski definition) is 4. The Hall–Kier alpha value is -3.08. The van der Waals surface area contributed by atoms with Crippen LogP contribution in [0, 0.1) is 25.7 Å². The average Bonchev–Trinajstić information content (AvgIpc) is 3.10. The number of hydrogen-bond donors (Lipinski definition) is 1. The molecule has 0 unspecified atom stereocenters. The van der Waals surface area contributed by atoms with Gasteiger partial charge in [-0.25, -0.2) is 4.39 Å². The summed E-state index contributed by atoms with van der Waals surface area (Å²) in [6, 6.07) is 19.6. The monoisotopic (exact) mass is 609 g/mol. The van der Waals surface area contributed by atoms with E-state index in [2.05, 4.69) is 30.1 Å². The number of aliphatic hydroxyl groups is 1. The molecule has 1 radical (unpaired) electrons. The van der Waals surface area contributed by atoms with Crippen molar-refractivity contribution < 1.29 is 38.8 Å². The molecule has 0 aliphatic heterocycles. The van der Waals surface area contributed by atoms with Crippen molar-refractivity contribution in [3.63, 3.8) is 0 Å². The van der Waals surface area contributed by atoms with Crippen LogP contribution < -0.4 is 0 Å². The molecule has 0 saturated heterocycles. The van der Waals surface area contributed by atoms with Crippen molar-refractivity contribution in [2.24, 2.45) is 0 Å². The van der Waals surface area contributed by atoms with E-state index in [1.165, 1.54) is 37.6 Å². The van der Waals surface area contributed by atoms with E-state index in [0.717, 1.165) is 27.8 Å². The first-order valence-electron chi connectivity index (χ1n) is 9.76. The smallest absolute Gasteiger partial charge is 0.217 e. The van der Waals surface area contributed by atoms with Crippen LogP contribution in [0.4, 0.5) is 4.39 Å². The van der Waals surface area contributed by atoms with E-state index in [1.54, 1.807) is 12.1 Å². The molecule has 0 fully saturated rings. The molecule has 2 aromatic carbocycles. The zero-order valence-electron chi connectivity index (χ0n) is 18.2. The number of nitrogens with zero attached hydrogens (tertiary/aromatic N) is 1. The maximum absolute atomic E-state index is 13.1. The van der Waals surface area contributed by atoms with Crippen LogP contribution in [-0.2, 0) is 24.9 Å². The SMILES string of the molecule is CC(=O)/C=C(/C)O.Cc1[c-]c(-c2ccc3cc(-c4ccc(F)cc4)oc3n2)cc(C)c1.[Ir]. The Morgan fingerprint density at radius 2 is 1.75 bits per heavy atom. The van der Waals surface area contributed by atoms with E-state index in [1.807, 2.05) is 25.1 Å². The number of rotatable bonds is 3. The average molecular weight is 609 g/mol. The number of allylic oxidation sites excluding steroid dienone is 2. The third kappa shape index (κ3) is 6.71. The molecule has 2 aromatic heterocycles. The van der Waals surface area contributed by atoms with Crippen molar-refractivity contribution in [3.05, 3.63) is 89.4 Å². The first-order valence-corrected chi connectivity index (χ1v) is 9.76. The van der Waals surface area contributed by atoms with Gasteiger partial charge >= 0.3 is 0 Å². The summed E-state index contributed by atoms with van der Waals surface area (Å²) in [6.07, 6.45) is 1.17. The fourth-order valence-corrected chi connectivity index (χ4v) is 3.15. The second-order valence-corrected chi connectivity index (χ2v) is 7.36. The fourth-order valence-electron chi connectivity index (χ4n) is 3.15. The van der Waals surface area contributed by atoms with Gasteiger partial charge in [0, 0.05) is 37.1 Å². The number of benzene rings is 2. The van der Waals surface area contributed by atoms with Crippen LogP contribution in [-0.4, -0.2) is 15.9 Å². The molecule has 32 heavy (non-hydrogen) atoms. The molecule has 0 spiro atoms. The minimum Gasteiger partial charge on any atom is -0.512 e. The summed E-state index contributed by atoms with van der Waals surface area (Å²) in [6.45, 7) is 6.93. The Morgan fingerprint density at radius 1 is 1.06 bits per heavy atom. The Balaban J connectivity index is 0.000000398. The maximum Gasteiger partial charge on any atom is 0.217 e. The van der Waals surface area contributed by atoms with Gasteiger partial charge < -0.3 is 9.52 Å². The number of pyridine rings is 1. The second kappa shape index (κ2) is 11.0. The minimum absolute atomic E-state index is 0. The number of ketones is 1. The number of carbonyl (C=O) groups excluding carboxylic acids is 1. The summed E-state index contributed by atoms with van der Waals surface area (Å²) in [7, 11) is 0. The van der Waals surface area contributed by atoms with Crippen LogP contribution in [0.2, 0.25) is 0 Å². The molecule has 0 aliphatic rings. The number of furan rings is 1. The first-order chi connectivity index (χ1) is 14.7. The summed E-state index contributed by atoms with van der Waals surface area (Å²) < 4.78 is 18.9. The number of fused-ring (bicyclic) bond motifs is 1. The van der Waals surface area contributed by atoms with Gasteiger partial charge in [0.1, 0.15) is 11.6 Å². The molecule has 0 bridgehead atoms. The number of aliphatic hydroxyl groups excluding tert-OH is 1. The molecule has 167 valence electrons. The van der Waals surface area contributed by atoms with Crippen LogP contribution in [0.25, 0.3) is 33.7 Å². The minimum atomic E-state index is -0.263. The Labute approximate surface area is 200 Å². The second-order valence-electron chi connectivity index (χ2n) is 7.36. The predicted molar refractivity (Wildman–Crippen MR) is 120 cm³/mol. The van der Waals surface area contributed by atoms with E-state index < -0.39 is 0 Å². The summed E-state index contributed by atoms with van der Waals surface area (Å²) >= 11 is 0. The van der Waals surface area contributed by atoms with Crippen molar-refractivity contribution >= 4 is 16.9 Å². The van der Waals surface area contributed by atoms with E-state index in [4.69, 9.17) is 9.52 Å². The van der Waals surface area contributed by atoms with Crippen LogP contribution in [0.1, 0.15) is 25.0 Å². The van der Waals surface area contributed by atoms with Gasteiger partial charge in [0.15, 0.2) is 5.78 Å². The zero-order chi connectivity index (χ0) is 22.5. The molecule has 4 nitrogen and oxygen atoms in total. The van der Waals surface area contributed by atoms with Crippen LogP contribution in [0.5, 0.6) is 0 Å². The van der Waals surface area contributed by atoms with Crippen molar-refractivity contribution in [2.45, 2.75) is 27.7 Å². The maximum atomic E-state index is 13.1. The quantitative estimate of drug-likeness (QED) is 0.159. The predicted octanol–water partition coefficient (Wildman–Crippen LogP) is 6.75. The van der Waals surface area contributed by atoms with Crippen molar-refractivity contribution in [3.8, 4) is 22.6 Å². The summed E-state index contributed by atoms with van der Waals surface area (Å²) in [5.74, 6) is 0.354. The van der Waals surface area contributed by atoms with Gasteiger partial charge in [0.25, 0.3) is 0 Å².